The molecule has 9 heteroatoms. The number of carbonyl (C=O) groups is 3. The lowest BCUT2D eigenvalue weighted by Gasteiger charge is -2.28. The number of amides is 4. The molecule has 0 bridgehead atoms. The lowest BCUT2D eigenvalue weighted by atomic mass is 10.0. The monoisotopic (exact) mass is 538 g/mol. The normalized spacial score (nSPS) is 14.7. The van der Waals surface area contributed by atoms with Gasteiger partial charge in [-0.25, -0.2) is 9.69 Å². The minimum absolute atomic E-state index is 0.214. The molecule has 0 atom stereocenters. The molecule has 1 saturated heterocycles. The average Bonchev–Trinajstić information content (AvgIpc) is 2.85. The third kappa shape index (κ3) is 5.63. The van der Waals surface area contributed by atoms with E-state index in [0.717, 1.165) is 21.6 Å². The van der Waals surface area contributed by atoms with E-state index in [4.69, 9.17) is 32.7 Å². The van der Waals surface area contributed by atoms with Gasteiger partial charge in [0.25, 0.3) is 11.8 Å². The van der Waals surface area contributed by atoms with Gasteiger partial charge in [0.2, 0.25) is 0 Å². The van der Waals surface area contributed by atoms with Crippen LogP contribution < -0.4 is 19.7 Å². The average molecular weight is 539 g/mol. The Labute approximate surface area is 224 Å². The Morgan fingerprint density at radius 3 is 2.41 bits per heavy atom. The highest BCUT2D eigenvalue weighted by atomic mass is 35.5. The van der Waals surface area contributed by atoms with E-state index in [2.05, 4.69) is 5.32 Å². The highest BCUT2D eigenvalue weighted by Gasteiger charge is 2.37. The Morgan fingerprint density at radius 1 is 0.973 bits per heavy atom. The van der Waals surface area contributed by atoms with E-state index in [0.29, 0.717) is 34.4 Å². The van der Waals surface area contributed by atoms with Crippen LogP contribution in [0, 0.1) is 13.8 Å². The van der Waals surface area contributed by atoms with E-state index in [-0.39, 0.29) is 17.2 Å². The van der Waals surface area contributed by atoms with Crippen molar-refractivity contribution < 1.29 is 23.9 Å². The van der Waals surface area contributed by atoms with Crippen molar-refractivity contribution in [2.45, 2.75) is 27.4 Å². The zero-order valence-electron chi connectivity index (χ0n) is 20.4. The van der Waals surface area contributed by atoms with Crippen LogP contribution in [0.3, 0.4) is 0 Å². The second-order valence-electron chi connectivity index (χ2n) is 8.36. The fraction of sp³-hybridized carbons (Fsp3) is 0.179. The molecule has 1 aliphatic heterocycles. The second kappa shape index (κ2) is 11.1. The molecule has 0 aliphatic carbocycles. The van der Waals surface area contributed by atoms with Gasteiger partial charge in [0, 0.05) is 5.02 Å². The van der Waals surface area contributed by atoms with Crippen LogP contribution in [0.25, 0.3) is 6.08 Å². The van der Waals surface area contributed by atoms with Crippen LogP contribution in [0.15, 0.2) is 60.2 Å². The lowest BCUT2D eigenvalue weighted by molar-refractivity contribution is -0.122. The number of barbiturate groups is 1. The van der Waals surface area contributed by atoms with Crippen molar-refractivity contribution in [1.82, 2.24) is 5.32 Å². The summed E-state index contributed by atoms with van der Waals surface area (Å²) in [6.45, 7) is 6.06. The fourth-order valence-corrected chi connectivity index (χ4v) is 4.23. The van der Waals surface area contributed by atoms with Crippen LogP contribution >= 0.6 is 23.2 Å². The molecule has 7 nitrogen and oxygen atoms in total. The van der Waals surface area contributed by atoms with Crippen molar-refractivity contribution in [3.8, 4) is 11.5 Å². The van der Waals surface area contributed by atoms with Gasteiger partial charge in [-0.2, -0.15) is 0 Å². The number of rotatable bonds is 7. The van der Waals surface area contributed by atoms with Gasteiger partial charge in [-0.3, -0.25) is 14.9 Å². The van der Waals surface area contributed by atoms with E-state index in [1.54, 1.807) is 36.4 Å². The van der Waals surface area contributed by atoms with Crippen LogP contribution in [0.5, 0.6) is 11.5 Å². The molecule has 0 saturated carbocycles. The van der Waals surface area contributed by atoms with Crippen LogP contribution in [-0.2, 0) is 16.2 Å². The number of ether oxygens (including phenoxy) is 2. The number of nitrogens with zero attached hydrogens (tertiary/aromatic N) is 1. The van der Waals surface area contributed by atoms with Crippen molar-refractivity contribution in [2.75, 3.05) is 11.5 Å². The van der Waals surface area contributed by atoms with E-state index < -0.39 is 17.8 Å². The summed E-state index contributed by atoms with van der Waals surface area (Å²) in [4.78, 5) is 39.6. The minimum Gasteiger partial charge on any atom is -0.490 e. The SMILES string of the molecule is CCOc1cc(/C=C2\C(=O)NC(=O)N(c3cccc(C)c3C)C2=O)cc(Cl)c1OCc1ccc(Cl)cc1. The van der Waals surface area contributed by atoms with Crippen molar-refractivity contribution >= 4 is 52.8 Å². The number of urea groups is 1. The summed E-state index contributed by atoms with van der Waals surface area (Å²) in [5.41, 5.74) is 3.16. The maximum Gasteiger partial charge on any atom is 0.335 e. The Bertz CT molecular complexity index is 1420. The number of hydrogen-bond acceptors (Lipinski definition) is 5. The zero-order chi connectivity index (χ0) is 26.7. The quantitative estimate of drug-likeness (QED) is 0.283. The summed E-state index contributed by atoms with van der Waals surface area (Å²) in [6.07, 6.45) is 1.37. The molecular formula is C28H24Cl2N2O5. The third-order valence-corrected chi connectivity index (χ3v) is 6.39. The number of aryl methyl sites for hydroxylation is 1. The van der Waals surface area contributed by atoms with Gasteiger partial charge in [-0.1, -0.05) is 47.5 Å². The van der Waals surface area contributed by atoms with E-state index >= 15 is 0 Å². The van der Waals surface area contributed by atoms with Gasteiger partial charge in [0.15, 0.2) is 11.5 Å². The standard InChI is InChI=1S/C28H24Cl2N2O5/c1-4-36-24-14-19(13-22(30)25(24)37-15-18-8-10-20(29)11-9-18)12-21-26(33)31-28(35)32(27(21)34)23-7-5-6-16(2)17(23)3/h5-14H,4,15H2,1-3H3,(H,31,33,35)/b21-12+. The maximum atomic E-state index is 13.3. The first-order valence-corrected chi connectivity index (χ1v) is 12.3. The maximum absolute atomic E-state index is 13.3. The Kier molecular flexibility index (Phi) is 7.86. The summed E-state index contributed by atoms with van der Waals surface area (Å²) in [5.74, 6) is -0.859. The number of hydrogen-bond donors (Lipinski definition) is 1. The molecule has 190 valence electrons. The molecule has 3 aromatic carbocycles. The number of carbonyl (C=O) groups excluding carboxylic acids is 3. The molecule has 1 fully saturated rings. The third-order valence-electron chi connectivity index (χ3n) is 5.86. The molecule has 0 unspecified atom stereocenters. The summed E-state index contributed by atoms with van der Waals surface area (Å²) >= 11 is 12.5. The van der Waals surface area contributed by atoms with Crippen molar-refractivity contribution in [3.05, 3.63) is 92.5 Å². The molecule has 4 rings (SSSR count). The van der Waals surface area contributed by atoms with Gasteiger partial charge in [0.1, 0.15) is 12.2 Å². The number of halogens is 2. The lowest BCUT2D eigenvalue weighted by Crippen LogP contribution is -2.54. The van der Waals surface area contributed by atoms with Crippen LogP contribution in [0.4, 0.5) is 10.5 Å². The van der Waals surface area contributed by atoms with Gasteiger partial charge in [-0.15, -0.1) is 0 Å². The number of anilines is 1. The van der Waals surface area contributed by atoms with Gasteiger partial charge < -0.3 is 9.47 Å². The first-order valence-electron chi connectivity index (χ1n) is 11.5. The number of imide groups is 2. The first kappa shape index (κ1) is 26.3. The van der Waals surface area contributed by atoms with Gasteiger partial charge in [-0.05, 0) is 79.4 Å². The predicted molar refractivity (Wildman–Crippen MR) is 143 cm³/mol. The zero-order valence-corrected chi connectivity index (χ0v) is 21.9. The van der Waals surface area contributed by atoms with Crippen molar-refractivity contribution in [1.29, 1.82) is 0 Å². The molecule has 0 radical (unpaired) electrons. The first-order chi connectivity index (χ1) is 17.7. The highest BCUT2D eigenvalue weighted by molar-refractivity contribution is 6.39. The summed E-state index contributed by atoms with van der Waals surface area (Å²) in [6, 6.07) is 14.9. The van der Waals surface area contributed by atoms with Crippen molar-refractivity contribution in [3.63, 3.8) is 0 Å². The topological polar surface area (TPSA) is 84.9 Å². The van der Waals surface area contributed by atoms with E-state index in [1.807, 2.05) is 39.0 Å². The molecule has 0 spiro atoms. The summed E-state index contributed by atoms with van der Waals surface area (Å²) in [5, 5.41) is 3.10. The Morgan fingerprint density at radius 2 is 1.70 bits per heavy atom. The number of benzene rings is 3. The molecule has 1 aliphatic rings. The highest BCUT2D eigenvalue weighted by Crippen LogP contribution is 2.38. The molecule has 1 N–H and O–H groups in total. The summed E-state index contributed by atoms with van der Waals surface area (Å²) < 4.78 is 11.7. The predicted octanol–water partition coefficient (Wildman–Crippen LogP) is 6.25. The molecule has 1 heterocycles. The van der Waals surface area contributed by atoms with Crippen LogP contribution in [0.2, 0.25) is 10.0 Å². The van der Waals surface area contributed by atoms with Gasteiger partial charge in [0.05, 0.1) is 17.3 Å². The van der Waals surface area contributed by atoms with Crippen LogP contribution in [-0.4, -0.2) is 24.5 Å². The minimum atomic E-state index is -0.806. The smallest absolute Gasteiger partial charge is 0.335 e. The molecule has 3 aromatic rings. The Hall–Kier alpha value is -3.81. The number of nitrogens with one attached hydrogen (secondary N) is 1. The molecule has 37 heavy (non-hydrogen) atoms. The second-order valence-corrected chi connectivity index (χ2v) is 9.20. The van der Waals surface area contributed by atoms with Gasteiger partial charge >= 0.3 is 6.03 Å². The van der Waals surface area contributed by atoms with Crippen molar-refractivity contribution in [2.24, 2.45) is 0 Å². The van der Waals surface area contributed by atoms with Crippen LogP contribution in [0.1, 0.15) is 29.2 Å². The molecule has 4 amide bonds. The van der Waals surface area contributed by atoms with E-state index in [1.165, 1.54) is 6.08 Å². The summed E-state index contributed by atoms with van der Waals surface area (Å²) in [7, 11) is 0. The fourth-order valence-electron chi connectivity index (χ4n) is 3.83. The Balaban J connectivity index is 1.67. The largest absolute Gasteiger partial charge is 0.490 e. The van der Waals surface area contributed by atoms with E-state index in [9.17, 15) is 14.4 Å². The molecular weight excluding hydrogens is 515 g/mol. The molecule has 0 aromatic heterocycles.